The van der Waals surface area contributed by atoms with Crippen LogP contribution in [0.1, 0.15) is 19.8 Å². The molecule has 7 nitrogen and oxygen atoms in total. The van der Waals surface area contributed by atoms with E-state index in [1.807, 2.05) is 61.5 Å². The Hall–Kier alpha value is -2.94. The minimum absolute atomic E-state index is 0.0837. The minimum Gasteiger partial charge on any atom is -0.411 e. The third kappa shape index (κ3) is 5.09. The molecule has 0 unspecified atom stereocenters. The first kappa shape index (κ1) is 22.8. The monoisotopic (exact) mass is 494 g/mol. The second-order valence-electron chi connectivity index (χ2n) is 8.09. The molecule has 0 saturated carbocycles. The van der Waals surface area contributed by atoms with E-state index in [0.29, 0.717) is 22.7 Å². The van der Waals surface area contributed by atoms with E-state index in [1.54, 1.807) is 0 Å². The van der Waals surface area contributed by atoms with Crippen molar-refractivity contribution in [3.8, 4) is 22.7 Å². The lowest BCUT2D eigenvalue weighted by Crippen LogP contribution is -2.36. The van der Waals surface area contributed by atoms with E-state index in [2.05, 4.69) is 15.5 Å². The molecule has 0 spiro atoms. The molecule has 2 aromatic heterocycles. The summed E-state index contributed by atoms with van der Waals surface area (Å²) in [4.78, 5) is 17.3. The Morgan fingerprint density at radius 2 is 2.03 bits per heavy atom. The van der Waals surface area contributed by atoms with Crippen molar-refractivity contribution >= 4 is 40.2 Å². The van der Waals surface area contributed by atoms with E-state index in [0.717, 1.165) is 47.2 Å². The van der Waals surface area contributed by atoms with Gasteiger partial charge in [0, 0.05) is 29.1 Å². The van der Waals surface area contributed by atoms with Crippen LogP contribution in [0.2, 0.25) is 5.02 Å². The van der Waals surface area contributed by atoms with Gasteiger partial charge < -0.3 is 14.5 Å². The highest BCUT2D eigenvalue weighted by Crippen LogP contribution is 2.33. The maximum atomic E-state index is 12.5. The van der Waals surface area contributed by atoms with Gasteiger partial charge in [0.1, 0.15) is 0 Å². The van der Waals surface area contributed by atoms with Crippen LogP contribution >= 0.6 is 23.4 Å². The number of aromatic nitrogens is 3. The number of fused-ring (bicyclic) bond motifs is 1. The van der Waals surface area contributed by atoms with Crippen LogP contribution in [-0.2, 0) is 9.53 Å². The number of rotatable bonds is 7. The zero-order chi connectivity index (χ0) is 23.5. The lowest BCUT2D eigenvalue weighted by atomic mass is 10.0. The highest BCUT2D eigenvalue weighted by Gasteiger charge is 2.22. The lowest BCUT2D eigenvalue weighted by Gasteiger charge is -2.13. The number of nitrogens with one attached hydrogen (secondary N) is 1. The second kappa shape index (κ2) is 10.1. The molecular weight excluding hydrogens is 472 g/mol. The molecule has 1 N–H and O–H groups in total. The third-order valence-corrected chi connectivity index (χ3v) is 6.85. The van der Waals surface area contributed by atoms with Crippen molar-refractivity contribution in [2.24, 2.45) is 0 Å². The Morgan fingerprint density at radius 3 is 2.82 bits per heavy atom. The van der Waals surface area contributed by atoms with Crippen molar-refractivity contribution in [3.05, 3.63) is 59.6 Å². The van der Waals surface area contributed by atoms with Gasteiger partial charge in [0.15, 0.2) is 0 Å². The molecule has 4 aromatic rings. The van der Waals surface area contributed by atoms with Crippen molar-refractivity contribution in [3.63, 3.8) is 0 Å². The zero-order valence-electron chi connectivity index (χ0n) is 18.5. The highest BCUT2D eigenvalue weighted by atomic mass is 35.5. The highest BCUT2D eigenvalue weighted by molar-refractivity contribution is 8.00. The molecule has 3 heterocycles. The molecule has 1 amide bonds. The lowest BCUT2D eigenvalue weighted by molar-refractivity contribution is -0.120. The fraction of sp³-hybridized carbons (Fsp3) is 0.280. The number of halogens is 1. The van der Waals surface area contributed by atoms with E-state index in [1.165, 1.54) is 11.8 Å². The molecule has 2 aromatic carbocycles. The summed E-state index contributed by atoms with van der Waals surface area (Å²) in [6.45, 7) is 3.11. The molecule has 0 bridgehead atoms. The predicted octanol–water partition coefficient (Wildman–Crippen LogP) is 5.38. The van der Waals surface area contributed by atoms with Gasteiger partial charge >= 0.3 is 0 Å². The average molecular weight is 495 g/mol. The van der Waals surface area contributed by atoms with Gasteiger partial charge in [-0.15, -0.1) is 10.2 Å². The number of hydrogen-bond donors (Lipinski definition) is 1. The molecule has 9 heteroatoms. The van der Waals surface area contributed by atoms with Crippen LogP contribution in [0.3, 0.4) is 0 Å². The number of ether oxygens (including phenoxy) is 1. The van der Waals surface area contributed by atoms with Crippen LogP contribution < -0.4 is 5.32 Å². The topological polar surface area (TPSA) is 90.1 Å². The van der Waals surface area contributed by atoms with Gasteiger partial charge in [0.25, 0.3) is 5.22 Å². The second-order valence-corrected chi connectivity index (χ2v) is 9.82. The van der Waals surface area contributed by atoms with Crippen LogP contribution in [0.25, 0.3) is 33.6 Å². The smallest absolute Gasteiger partial charge is 0.277 e. The maximum absolute atomic E-state index is 12.5. The Morgan fingerprint density at radius 1 is 1.21 bits per heavy atom. The van der Waals surface area contributed by atoms with Gasteiger partial charge in [-0.25, -0.2) is 4.98 Å². The number of hydrogen-bond acceptors (Lipinski definition) is 7. The van der Waals surface area contributed by atoms with Crippen LogP contribution in [0.5, 0.6) is 0 Å². The zero-order valence-corrected chi connectivity index (χ0v) is 20.1. The number of thioether (sulfide) groups is 1. The van der Waals surface area contributed by atoms with Gasteiger partial charge in [0.2, 0.25) is 11.8 Å². The molecule has 1 fully saturated rings. The van der Waals surface area contributed by atoms with E-state index in [-0.39, 0.29) is 17.3 Å². The van der Waals surface area contributed by atoms with E-state index in [9.17, 15) is 4.79 Å². The molecular formula is C25H23ClN4O3S. The first-order chi connectivity index (χ1) is 16.6. The molecule has 1 aliphatic rings. The predicted molar refractivity (Wildman–Crippen MR) is 133 cm³/mol. The van der Waals surface area contributed by atoms with Gasteiger partial charge in [-0.05, 0) is 44.0 Å². The normalized spacial score (nSPS) is 16.6. The SMILES string of the molecule is C[C@H](Sc1nnc(-c2cc(-c3ccc(Cl)cc3)nc3ccccc23)o1)C(=O)NC[C@H]1CCCO1. The number of carbonyl (C=O) groups excluding carboxylic acids is 1. The molecule has 2 atom stereocenters. The van der Waals surface area contributed by atoms with Crippen LogP contribution in [-0.4, -0.2) is 45.6 Å². The van der Waals surface area contributed by atoms with Crippen molar-refractivity contribution in [2.75, 3.05) is 13.2 Å². The maximum Gasteiger partial charge on any atom is 0.277 e. The summed E-state index contributed by atoms with van der Waals surface area (Å²) in [6.07, 6.45) is 2.12. The van der Waals surface area contributed by atoms with Crippen molar-refractivity contribution in [2.45, 2.75) is 36.3 Å². The standard InChI is InChI=1S/C25H23ClN4O3S/c1-15(23(31)27-14-18-5-4-12-32-18)34-25-30-29-24(33-25)20-13-22(16-8-10-17(26)11-9-16)28-21-7-3-2-6-19(20)21/h2-3,6-11,13,15,18H,4-5,12,14H2,1H3,(H,27,31)/t15-,18+/m0/s1. The summed E-state index contributed by atoms with van der Waals surface area (Å²) in [6, 6.07) is 17.3. The largest absolute Gasteiger partial charge is 0.411 e. The minimum atomic E-state index is -0.381. The van der Waals surface area contributed by atoms with E-state index in [4.69, 9.17) is 25.7 Å². The van der Waals surface area contributed by atoms with Crippen molar-refractivity contribution in [1.82, 2.24) is 20.5 Å². The molecule has 34 heavy (non-hydrogen) atoms. The summed E-state index contributed by atoms with van der Waals surface area (Å²) in [5.74, 6) is 0.294. The van der Waals surface area contributed by atoms with Crippen LogP contribution in [0, 0.1) is 0 Å². The summed E-state index contributed by atoms with van der Waals surface area (Å²) >= 11 is 7.28. The molecule has 0 aliphatic carbocycles. The third-order valence-electron chi connectivity index (χ3n) is 5.67. The number of nitrogens with zero attached hydrogens (tertiary/aromatic N) is 3. The van der Waals surface area contributed by atoms with Gasteiger partial charge in [-0.3, -0.25) is 4.79 Å². The summed E-state index contributed by atoms with van der Waals surface area (Å²) in [7, 11) is 0. The molecule has 0 radical (unpaired) electrons. The molecule has 5 rings (SSSR count). The number of para-hydroxylation sites is 1. The molecule has 174 valence electrons. The molecule has 1 aliphatic heterocycles. The first-order valence-electron chi connectivity index (χ1n) is 11.1. The number of amides is 1. The fourth-order valence-electron chi connectivity index (χ4n) is 3.86. The van der Waals surface area contributed by atoms with E-state index < -0.39 is 0 Å². The summed E-state index contributed by atoms with van der Waals surface area (Å²) in [5.41, 5.74) is 3.31. The number of pyridine rings is 1. The Bertz CT molecular complexity index is 1310. The Labute approximate surface area is 206 Å². The quantitative estimate of drug-likeness (QED) is 0.345. The van der Waals surface area contributed by atoms with Crippen molar-refractivity contribution in [1.29, 1.82) is 0 Å². The Balaban J connectivity index is 1.37. The van der Waals surface area contributed by atoms with Gasteiger partial charge in [0.05, 0.1) is 28.1 Å². The van der Waals surface area contributed by atoms with Gasteiger partial charge in [-0.2, -0.15) is 0 Å². The van der Waals surface area contributed by atoms with Crippen LogP contribution in [0.15, 0.2) is 64.2 Å². The van der Waals surface area contributed by atoms with Crippen molar-refractivity contribution < 1.29 is 13.9 Å². The van der Waals surface area contributed by atoms with Crippen LogP contribution in [0.4, 0.5) is 0 Å². The van der Waals surface area contributed by atoms with Gasteiger partial charge in [-0.1, -0.05) is 53.7 Å². The first-order valence-corrected chi connectivity index (χ1v) is 12.4. The number of benzene rings is 2. The summed E-state index contributed by atoms with van der Waals surface area (Å²) in [5, 5.41) is 12.9. The molecule has 1 saturated heterocycles. The van der Waals surface area contributed by atoms with E-state index >= 15 is 0 Å². The fourth-order valence-corrected chi connectivity index (χ4v) is 4.69. The number of carbonyl (C=O) groups is 1. The summed E-state index contributed by atoms with van der Waals surface area (Å²) < 4.78 is 11.5. The Kier molecular flexibility index (Phi) is 6.80. The average Bonchev–Trinajstić information content (AvgIpc) is 3.54.